The van der Waals surface area contributed by atoms with E-state index in [1.54, 1.807) is 25.3 Å². The first kappa shape index (κ1) is 30.5. The fraction of sp³-hybridized carbons (Fsp3) is 0.471. The fourth-order valence-corrected chi connectivity index (χ4v) is 7.22. The first-order valence-corrected chi connectivity index (χ1v) is 15.9. The minimum atomic E-state index is -0.668. The standard InChI is InChI=1S/C34H38FN5O6/c1-45-19-23-16-38(15-20-12-21-2-6-30(36-32(21)27(35)13-20)39-10-8-24(41)9-11-39)18-29(23)46-25-3-4-26-22(14-25)17-40(34(26)44)28-5-7-31(42)37-33(28)43/h2-4,6,12-14,23-24,28-29,41H,5,7-11,15-19H2,1H3,(H,37,42,43)/t23-,28-,29+/m0/s1. The van der Waals surface area contributed by atoms with E-state index in [-0.39, 0.29) is 48.7 Å². The van der Waals surface area contributed by atoms with E-state index in [2.05, 4.69) is 20.1 Å². The lowest BCUT2D eigenvalue weighted by atomic mass is 10.0. The molecular weight excluding hydrogens is 593 g/mol. The minimum absolute atomic E-state index is 0.0810. The summed E-state index contributed by atoms with van der Waals surface area (Å²) in [6.07, 6.45) is 1.42. The van der Waals surface area contributed by atoms with Gasteiger partial charge in [0, 0.05) is 69.7 Å². The van der Waals surface area contributed by atoms with Crippen LogP contribution in [0.2, 0.25) is 0 Å². The summed E-state index contributed by atoms with van der Waals surface area (Å²) in [5, 5.41) is 12.9. The molecule has 0 radical (unpaired) electrons. The highest BCUT2D eigenvalue weighted by Gasteiger charge is 2.40. The number of fused-ring (bicyclic) bond motifs is 2. The molecule has 0 unspecified atom stereocenters. The molecule has 0 aliphatic carbocycles. The average Bonchev–Trinajstić information content (AvgIpc) is 3.56. The molecule has 0 saturated carbocycles. The van der Waals surface area contributed by atoms with Crippen LogP contribution in [0.25, 0.3) is 10.9 Å². The number of carbonyl (C=O) groups excluding carboxylic acids is 3. The topological polar surface area (TPSA) is 125 Å². The average molecular weight is 632 g/mol. The molecule has 0 spiro atoms. The van der Waals surface area contributed by atoms with Crippen molar-refractivity contribution in [3.63, 3.8) is 0 Å². The number of aliphatic hydroxyl groups excluding tert-OH is 1. The number of nitrogens with zero attached hydrogens (tertiary/aromatic N) is 4. The number of methoxy groups -OCH3 is 1. The number of anilines is 1. The van der Waals surface area contributed by atoms with E-state index < -0.39 is 11.9 Å². The Balaban J connectivity index is 1.02. The number of amides is 3. The van der Waals surface area contributed by atoms with Gasteiger partial charge >= 0.3 is 0 Å². The first-order chi connectivity index (χ1) is 22.2. The van der Waals surface area contributed by atoms with Crippen LogP contribution in [0.15, 0.2) is 42.5 Å². The fourth-order valence-electron chi connectivity index (χ4n) is 7.22. The van der Waals surface area contributed by atoms with E-state index in [9.17, 15) is 19.5 Å². The Kier molecular flexibility index (Phi) is 8.35. The van der Waals surface area contributed by atoms with E-state index in [0.29, 0.717) is 75.4 Å². The van der Waals surface area contributed by atoms with Crippen LogP contribution in [0.4, 0.5) is 10.2 Å². The summed E-state index contributed by atoms with van der Waals surface area (Å²) in [6, 6.07) is 12.1. The van der Waals surface area contributed by atoms with Gasteiger partial charge in [-0.2, -0.15) is 0 Å². The van der Waals surface area contributed by atoms with Crippen LogP contribution >= 0.6 is 0 Å². The molecule has 1 aromatic heterocycles. The summed E-state index contributed by atoms with van der Waals surface area (Å²) >= 11 is 0. The Hall–Kier alpha value is -4.13. The molecule has 5 heterocycles. The van der Waals surface area contributed by atoms with Gasteiger partial charge in [0.15, 0.2) is 0 Å². The SMILES string of the molecule is COC[C@@H]1CN(Cc2cc(F)c3nc(N4CCC(O)CC4)ccc3c2)C[C@H]1Oc1ccc2c(c1)CN([C@H]1CCC(=O)NC1=O)C2=O. The number of aromatic nitrogens is 1. The maximum absolute atomic E-state index is 15.4. The zero-order valence-electron chi connectivity index (χ0n) is 25.8. The van der Waals surface area contributed by atoms with Gasteiger partial charge in [-0.1, -0.05) is 0 Å². The molecular formula is C34H38FN5O6. The first-order valence-electron chi connectivity index (χ1n) is 15.9. The number of rotatable bonds is 8. The van der Waals surface area contributed by atoms with Crippen molar-refractivity contribution in [2.24, 2.45) is 5.92 Å². The number of ether oxygens (including phenoxy) is 2. The second kappa shape index (κ2) is 12.6. The molecule has 4 aliphatic heterocycles. The molecule has 3 amide bonds. The highest BCUT2D eigenvalue weighted by atomic mass is 19.1. The van der Waals surface area contributed by atoms with E-state index in [4.69, 9.17) is 9.47 Å². The van der Waals surface area contributed by atoms with Crippen LogP contribution in [0.1, 0.15) is 47.2 Å². The summed E-state index contributed by atoms with van der Waals surface area (Å²) in [6.45, 7) is 4.04. The van der Waals surface area contributed by atoms with Gasteiger partial charge in [-0.3, -0.25) is 24.6 Å². The number of benzene rings is 2. The molecule has 11 nitrogen and oxygen atoms in total. The normalized spacial score (nSPS) is 24.2. The summed E-state index contributed by atoms with van der Waals surface area (Å²) in [4.78, 5) is 47.6. The molecule has 12 heteroatoms. The Morgan fingerprint density at radius 2 is 1.87 bits per heavy atom. The number of hydrogen-bond acceptors (Lipinski definition) is 9. The van der Waals surface area contributed by atoms with E-state index in [1.807, 2.05) is 24.3 Å². The molecule has 2 N–H and O–H groups in total. The van der Waals surface area contributed by atoms with Crippen LogP contribution in [0.5, 0.6) is 5.75 Å². The maximum Gasteiger partial charge on any atom is 0.255 e. The number of nitrogens with one attached hydrogen (secondary N) is 1. The van der Waals surface area contributed by atoms with Gasteiger partial charge < -0.3 is 24.4 Å². The maximum atomic E-state index is 15.4. The molecule has 3 aromatic rings. The van der Waals surface area contributed by atoms with Gasteiger partial charge in [0.05, 0.1) is 12.7 Å². The van der Waals surface area contributed by atoms with Crippen molar-refractivity contribution >= 4 is 34.4 Å². The summed E-state index contributed by atoms with van der Waals surface area (Å²) in [7, 11) is 1.66. The lowest BCUT2D eigenvalue weighted by Gasteiger charge is -2.30. The van der Waals surface area contributed by atoms with Gasteiger partial charge in [-0.15, -0.1) is 0 Å². The third-order valence-electron chi connectivity index (χ3n) is 9.61. The molecule has 3 atom stereocenters. The molecule has 7 rings (SSSR count). The number of aliphatic hydroxyl groups is 1. The van der Waals surface area contributed by atoms with Crippen LogP contribution < -0.4 is 15.0 Å². The third kappa shape index (κ3) is 6.04. The second-order valence-corrected chi connectivity index (χ2v) is 12.8. The Labute approximate surface area is 266 Å². The Bertz CT molecular complexity index is 1680. The van der Waals surface area contributed by atoms with Crippen LogP contribution in [-0.2, 0) is 27.4 Å². The summed E-state index contributed by atoms with van der Waals surface area (Å²) in [5.41, 5.74) is 2.51. The van der Waals surface area contributed by atoms with Crippen molar-refractivity contribution in [2.75, 3.05) is 44.8 Å². The van der Waals surface area contributed by atoms with Crippen molar-refractivity contribution in [1.82, 2.24) is 20.1 Å². The van der Waals surface area contributed by atoms with E-state index >= 15 is 4.39 Å². The predicted molar refractivity (Wildman–Crippen MR) is 167 cm³/mol. The number of imide groups is 1. The van der Waals surface area contributed by atoms with Crippen molar-refractivity contribution in [3.8, 4) is 5.75 Å². The van der Waals surface area contributed by atoms with E-state index in [1.165, 1.54) is 4.90 Å². The number of pyridine rings is 1. The number of halogens is 1. The van der Waals surface area contributed by atoms with Crippen molar-refractivity contribution in [3.05, 3.63) is 65.0 Å². The highest BCUT2D eigenvalue weighted by Crippen LogP contribution is 2.33. The van der Waals surface area contributed by atoms with Gasteiger partial charge in [0.25, 0.3) is 5.91 Å². The molecule has 46 heavy (non-hydrogen) atoms. The second-order valence-electron chi connectivity index (χ2n) is 12.8. The molecule has 2 aromatic carbocycles. The number of piperidine rings is 2. The molecule has 3 saturated heterocycles. The Morgan fingerprint density at radius 3 is 2.65 bits per heavy atom. The van der Waals surface area contributed by atoms with Gasteiger partial charge in [0.2, 0.25) is 11.8 Å². The zero-order valence-corrected chi connectivity index (χ0v) is 25.8. The molecule has 4 aliphatic rings. The largest absolute Gasteiger partial charge is 0.489 e. The Morgan fingerprint density at radius 1 is 1.04 bits per heavy atom. The van der Waals surface area contributed by atoms with Gasteiger partial charge in [0.1, 0.15) is 35.0 Å². The molecule has 0 bridgehead atoms. The zero-order chi connectivity index (χ0) is 31.9. The molecule has 3 fully saturated rings. The molecule has 242 valence electrons. The smallest absolute Gasteiger partial charge is 0.255 e. The van der Waals surface area contributed by atoms with Crippen LogP contribution in [-0.4, -0.2) is 95.8 Å². The van der Waals surface area contributed by atoms with Crippen molar-refractivity contribution in [2.45, 2.75) is 57.0 Å². The minimum Gasteiger partial charge on any atom is -0.489 e. The quantitative estimate of drug-likeness (QED) is 0.361. The highest BCUT2D eigenvalue weighted by molar-refractivity contribution is 6.05. The van der Waals surface area contributed by atoms with Crippen molar-refractivity contribution < 1.29 is 33.4 Å². The van der Waals surface area contributed by atoms with Crippen LogP contribution in [0, 0.1) is 11.7 Å². The predicted octanol–water partition coefficient (Wildman–Crippen LogP) is 2.62. The van der Waals surface area contributed by atoms with Gasteiger partial charge in [-0.25, -0.2) is 9.37 Å². The third-order valence-corrected chi connectivity index (χ3v) is 9.61. The van der Waals surface area contributed by atoms with Crippen LogP contribution in [0.3, 0.4) is 0 Å². The number of likely N-dealkylation sites (tertiary alicyclic amines) is 1. The van der Waals surface area contributed by atoms with E-state index in [0.717, 1.165) is 22.3 Å². The number of carbonyl (C=O) groups is 3. The summed E-state index contributed by atoms with van der Waals surface area (Å²) < 4.78 is 27.4. The van der Waals surface area contributed by atoms with Crippen molar-refractivity contribution in [1.29, 1.82) is 0 Å². The lowest BCUT2D eigenvalue weighted by Crippen LogP contribution is -2.52. The number of hydrogen-bond donors (Lipinski definition) is 2. The van der Waals surface area contributed by atoms with Gasteiger partial charge in [-0.05, 0) is 72.9 Å². The monoisotopic (exact) mass is 631 g/mol. The summed E-state index contributed by atoms with van der Waals surface area (Å²) in [5.74, 6) is 0.112. The lowest BCUT2D eigenvalue weighted by molar-refractivity contribution is -0.136.